The highest BCUT2D eigenvalue weighted by Gasteiger charge is 2.34. The Bertz CT molecular complexity index is 1090. The second kappa shape index (κ2) is 9.65. The molecule has 0 aliphatic heterocycles. The molecule has 0 fully saturated rings. The first-order valence-electron chi connectivity index (χ1n) is 8.72. The second-order valence-electron chi connectivity index (χ2n) is 6.09. The number of oxime groups is 1. The maximum atomic E-state index is 13.2. The number of carbonyl (C=O) groups is 1. The van der Waals surface area contributed by atoms with Crippen LogP contribution < -0.4 is 0 Å². The molecule has 11 heteroatoms. The first kappa shape index (κ1) is 22.3. The summed E-state index contributed by atoms with van der Waals surface area (Å²) < 4.78 is 52.8. The SMILES string of the molecule is C/C(=N/OC(=O)CSc1nc(-c2ccc(F)cc2)cc(C(F)(F)F)n1)c1ccncc1. The summed E-state index contributed by atoms with van der Waals surface area (Å²) in [6.45, 7) is 1.63. The third kappa shape index (κ3) is 6.32. The van der Waals surface area contributed by atoms with E-state index in [4.69, 9.17) is 4.84 Å². The van der Waals surface area contributed by atoms with Crippen LogP contribution in [-0.4, -0.2) is 32.4 Å². The monoisotopic (exact) mass is 450 g/mol. The Morgan fingerprint density at radius 1 is 1.10 bits per heavy atom. The van der Waals surface area contributed by atoms with Crippen LogP contribution in [0.3, 0.4) is 0 Å². The summed E-state index contributed by atoms with van der Waals surface area (Å²) in [7, 11) is 0. The van der Waals surface area contributed by atoms with Gasteiger partial charge in [-0.25, -0.2) is 19.2 Å². The molecule has 6 nitrogen and oxygen atoms in total. The highest BCUT2D eigenvalue weighted by molar-refractivity contribution is 7.99. The summed E-state index contributed by atoms with van der Waals surface area (Å²) in [5.74, 6) is -1.69. The number of thioether (sulfide) groups is 1. The van der Waals surface area contributed by atoms with Gasteiger partial charge in [0.05, 0.1) is 11.4 Å². The summed E-state index contributed by atoms with van der Waals surface area (Å²) in [5, 5.41) is 3.43. The van der Waals surface area contributed by atoms with Crippen LogP contribution >= 0.6 is 11.8 Å². The zero-order valence-electron chi connectivity index (χ0n) is 15.9. The van der Waals surface area contributed by atoms with Crippen molar-refractivity contribution in [3.8, 4) is 11.3 Å². The van der Waals surface area contributed by atoms with Crippen molar-refractivity contribution in [3.05, 3.63) is 71.9 Å². The lowest BCUT2D eigenvalue weighted by molar-refractivity contribution is -0.141. The fourth-order valence-corrected chi connectivity index (χ4v) is 2.94. The van der Waals surface area contributed by atoms with Gasteiger partial charge < -0.3 is 4.84 Å². The van der Waals surface area contributed by atoms with Gasteiger partial charge in [-0.1, -0.05) is 16.9 Å². The van der Waals surface area contributed by atoms with Gasteiger partial charge in [0.15, 0.2) is 5.16 Å². The minimum Gasteiger partial charge on any atom is -0.317 e. The van der Waals surface area contributed by atoms with Gasteiger partial charge in [0.1, 0.15) is 17.3 Å². The lowest BCUT2D eigenvalue weighted by Crippen LogP contribution is -2.11. The molecule has 0 spiro atoms. The number of rotatable bonds is 6. The van der Waals surface area contributed by atoms with Crippen molar-refractivity contribution in [1.29, 1.82) is 0 Å². The fraction of sp³-hybridized carbons (Fsp3) is 0.150. The molecule has 3 rings (SSSR count). The molecule has 0 saturated heterocycles. The van der Waals surface area contributed by atoms with Crippen LogP contribution in [0.25, 0.3) is 11.3 Å². The lowest BCUT2D eigenvalue weighted by atomic mass is 10.1. The van der Waals surface area contributed by atoms with E-state index in [-0.39, 0.29) is 22.2 Å². The number of carbonyl (C=O) groups excluding carboxylic acids is 1. The molecule has 0 radical (unpaired) electrons. The zero-order chi connectivity index (χ0) is 22.4. The summed E-state index contributed by atoms with van der Waals surface area (Å²) >= 11 is 0.668. The average molecular weight is 450 g/mol. The van der Waals surface area contributed by atoms with E-state index in [0.29, 0.717) is 23.0 Å². The molecule has 0 saturated carbocycles. The molecule has 0 unspecified atom stereocenters. The number of hydrogen-bond acceptors (Lipinski definition) is 7. The Balaban J connectivity index is 1.73. The number of aromatic nitrogens is 3. The molecule has 0 bridgehead atoms. The summed E-state index contributed by atoms with van der Waals surface area (Å²) in [5.41, 5.74) is 0.167. The van der Waals surface area contributed by atoms with E-state index in [1.165, 1.54) is 12.1 Å². The van der Waals surface area contributed by atoms with Crippen LogP contribution in [0, 0.1) is 5.82 Å². The maximum absolute atomic E-state index is 13.2. The van der Waals surface area contributed by atoms with E-state index in [1.807, 2.05) is 0 Å². The standard InChI is InChI=1S/C20H14F4N4O2S/c1-12(13-6-8-25-9-7-13)28-30-18(29)11-31-19-26-16(10-17(27-19)20(22,23)24)14-2-4-15(21)5-3-14/h2-10H,11H2,1H3/b28-12-. The number of benzene rings is 1. The Morgan fingerprint density at radius 2 is 1.77 bits per heavy atom. The molecule has 2 aromatic heterocycles. The Labute approximate surface area is 178 Å². The first-order valence-corrected chi connectivity index (χ1v) is 9.71. The summed E-state index contributed by atoms with van der Waals surface area (Å²) in [6, 6.07) is 8.94. The average Bonchev–Trinajstić information content (AvgIpc) is 2.76. The molecule has 0 aliphatic rings. The van der Waals surface area contributed by atoms with E-state index >= 15 is 0 Å². The van der Waals surface area contributed by atoms with Crippen molar-refractivity contribution < 1.29 is 27.2 Å². The topological polar surface area (TPSA) is 77.3 Å². The van der Waals surface area contributed by atoms with Crippen LogP contribution in [0.4, 0.5) is 17.6 Å². The molecular formula is C20H14F4N4O2S. The largest absolute Gasteiger partial charge is 0.433 e. The van der Waals surface area contributed by atoms with Crippen LogP contribution in [0.15, 0.2) is 65.2 Å². The molecule has 0 atom stereocenters. The van der Waals surface area contributed by atoms with Crippen molar-refractivity contribution in [2.24, 2.45) is 5.16 Å². The van der Waals surface area contributed by atoms with Crippen molar-refractivity contribution in [2.75, 3.05) is 5.75 Å². The summed E-state index contributed by atoms with van der Waals surface area (Å²) in [4.78, 5) is 28.1. The molecule has 2 heterocycles. The van der Waals surface area contributed by atoms with Gasteiger partial charge in [0.25, 0.3) is 0 Å². The molecule has 31 heavy (non-hydrogen) atoms. The molecule has 3 aromatic rings. The normalized spacial score (nSPS) is 12.0. The van der Waals surface area contributed by atoms with E-state index in [9.17, 15) is 22.4 Å². The third-order valence-electron chi connectivity index (χ3n) is 3.84. The quantitative estimate of drug-likeness (QED) is 0.135. The van der Waals surface area contributed by atoms with Crippen LogP contribution in [0.2, 0.25) is 0 Å². The van der Waals surface area contributed by atoms with Crippen molar-refractivity contribution in [1.82, 2.24) is 15.0 Å². The van der Waals surface area contributed by atoms with E-state index in [0.717, 1.165) is 18.2 Å². The van der Waals surface area contributed by atoms with Gasteiger partial charge in [-0.05, 0) is 49.4 Å². The fourth-order valence-electron chi connectivity index (χ4n) is 2.32. The predicted octanol–water partition coefficient (Wildman–Crippen LogP) is 4.76. The first-order chi connectivity index (χ1) is 14.7. The van der Waals surface area contributed by atoms with E-state index in [2.05, 4.69) is 20.1 Å². The minimum atomic E-state index is -4.72. The highest BCUT2D eigenvalue weighted by atomic mass is 32.2. The minimum absolute atomic E-state index is 0.0512. The molecule has 0 amide bonds. The zero-order valence-corrected chi connectivity index (χ0v) is 16.7. The Kier molecular flexibility index (Phi) is 6.95. The van der Waals surface area contributed by atoms with E-state index < -0.39 is 23.7 Å². The van der Waals surface area contributed by atoms with Crippen molar-refractivity contribution in [2.45, 2.75) is 18.3 Å². The number of alkyl halides is 3. The van der Waals surface area contributed by atoms with Crippen molar-refractivity contribution >= 4 is 23.4 Å². The number of halogens is 4. The number of hydrogen-bond donors (Lipinski definition) is 0. The molecule has 0 aliphatic carbocycles. The highest BCUT2D eigenvalue weighted by Crippen LogP contribution is 2.32. The van der Waals surface area contributed by atoms with Crippen molar-refractivity contribution in [3.63, 3.8) is 0 Å². The number of nitrogens with zero attached hydrogens (tertiary/aromatic N) is 4. The Hall–Kier alpha value is -3.34. The smallest absolute Gasteiger partial charge is 0.317 e. The van der Waals surface area contributed by atoms with Gasteiger partial charge >= 0.3 is 12.1 Å². The molecule has 1 aromatic carbocycles. The van der Waals surface area contributed by atoms with Crippen LogP contribution in [0.1, 0.15) is 18.2 Å². The van der Waals surface area contributed by atoms with Crippen LogP contribution in [-0.2, 0) is 15.8 Å². The van der Waals surface area contributed by atoms with Gasteiger partial charge in [0.2, 0.25) is 0 Å². The second-order valence-corrected chi connectivity index (χ2v) is 7.03. The maximum Gasteiger partial charge on any atom is 0.433 e. The molecular weight excluding hydrogens is 436 g/mol. The van der Waals surface area contributed by atoms with Gasteiger partial charge in [-0.15, -0.1) is 0 Å². The Morgan fingerprint density at radius 3 is 2.42 bits per heavy atom. The van der Waals surface area contributed by atoms with Gasteiger partial charge in [-0.2, -0.15) is 13.2 Å². The van der Waals surface area contributed by atoms with Gasteiger partial charge in [-0.3, -0.25) is 4.98 Å². The predicted molar refractivity (Wildman–Crippen MR) is 106 cm³/mol. The lowest BCUT2D eigenvalue weighted by Gasteiger charge is -2.10. The summed E-state index contributed by atoms with van der Waals surface area (Å²) in [6.07, 6.45) is -1.62. The van der Waals surface area contributed by atoms with Gasteiger partial charge in [0, 0.05) is 23.5 Å². The third-order valence-corrected chi connectivity index (χ3v) is 4.66. The van der Waals surface area contributed by atoms with Crippen LogP contribution in [0.5, 0.6) is 0 Å². The molecule has 160 valence electrons. The number of pyridine rings is 1. The van der Waals surface area contributed by atoms with E-state index in [1.54, 1.807) is 31.5 Å². The molecule has 0 N–H and O–H groups in total.